The van der Waals surface area contributed by atoms with E-state index in [9.17, 15) is 13.2 Å². The van der Waals surface area contributed by atoms with Crippen LogP contribution in [0.25, 0.3) is 0 Å². The molecule has 3 aromatic carbocycles. The van der Waals surface area contributed by atoms with E-state index < -0.39 is 10.0 Å². The normalized spacial score (nSPS) is 11.1. The van der Waals surface area contributed by atoms with Crippen LogP contribution in [-0.4, -0.2) is 41.7 Å². The topological polar surface area (TPSA) is 103 Å². The Morgan fingerprint density at radius 3 is 2.20 bits per heavy atom. The number of hydrogen-bond donors (Lipinski definition) is 2. The number of carbonyl (C=O) groups is 1. The highest BCUT2D eigenvalue weighted by Crippen LogP contribution is 2.27. The highest BCUT2D eigenvalue weighted by atomic mass is 35.5. The van der Waals surface area contributed by atoms with Crippen LogP contribution in [0.15, 0.2) is 71.6 Å². The first-order chi connectivity index (χ1) is 16.8. The van der Waals surface area contributed by atoms with E-state index in [1.807, 2.05) is 24.3 Å². The van der Waals surface area contributed by atoms with Gasteiger partial charge < -0.3 is 19.5 Å². The zero-order valence-electron chi connectivity index (χ0n) is 19.4. The first-order valence-electron chi connectivity index (χ1n) is 10.8. The van der Waals surface area contributed by atoms with E-state index in [2.05, 4.69) is 10.0 Å². The minimum atomic E-state index is -3.70. The summed E-state index contributed by atoms with van der Waals surface area (Å²) < 4.78 is 43.7. The molecule has 3 rings (SSSR count). The van der Waals surface area contributed by atoms with Gasteiger partial charge in [-0.05, 0) is 66.1 Å². The lowest BCUT2D eigenvalue weighted by Crippen LogP contribution is -2.28. The van der Waals surface area contributed by atoms with E-state index in [4.69, 9.17) is 25.8 Å². The van der Waals surface area contributed by atoms with Gasteiger partial charge in [0.05, 0.1) is 19.1 Å². The molecule has 0 aliphatic heterocycles. The SMILES string of the molecule is COc1ccc(CCNS(=O)(=O)c2ccc(OCC(=O)NCc3ccc(Cl)cc3)cc2)cc1OC. The molecule has 10 heteroatoms. The number of nitrogens with one attached hydrogen (secondary N) is 2. The summed E-state index contributed by atoms with van der Waals surface area (Å²) in [5.74, 6) is 1.28. The van der Waals surface area contributed by atoms with Gasteiger partial charge in [0.25, 0.3) is 5.91 Å². The Labute approximate surface area is 210 Å². The minimum absolute atomic E-state index is 0.101. The number of benzene rings is 3. The lowest BCUT2D eigenvalue weighted by Gasteiger charge is -2.11. The molecule has 0 spiro atoms. The molecule has 2 N–H and O–H groups in total. The van der Waals surface area contributed by atoms with Crippen molar-refractivity contribution in [3.05, 3.63) is 82.9 Å². The van der Waals surface area contributed by atoms with Crippen molar-refractivity contribution >= 4 is 27.5 Å². The summed E-state index contributed by atoms with van der Waals surface area (Å²) in [6, 6.07) is 18.5. The summed E-state index contributed by atoms with van der Waals surface area (Å²) in [4.78, 5) is 12.1. The summed E-state index contributed by atoms with van der Waals surface area (Å²) in [7, 11) is -0.597. The maximum Gasteiger partial charge on any atom is 0.258 e. The van der Waals surface area contributed by atoms with Gasteiger partial charge in [-0.1, -0.05) is 29.8 Å². The van der Waals surface area contributed by atoms with Gasteiger partial charge >= 0.3 is 0 Å². The molecule has 0 unspecified atom stereocenters. The van der Waals surface area contributed by atoms with Crippen molar-refractivity contribution in [2.24, 2.45) is 0 Å². The fourth-order valence-electron chi connectivity index (χ4n) is 3.17. The molecule has 0 radical (unpaired) electrons. The maximum atomic E-state index is 12.6. The number of amides is 1. The van der Waals surface area contributed by atoms with Gasteiger partial charge in [0.2, 0.25) is 10.0 Å². The van der Waals surface area contributed by atoms with Crippen LogP contribution >= 0.6 is 11.6 Å². The van der Waals surface area contributed by atoms with E-state index in [0.29, 0.717) is 35.2 Å². The van der Waals surface area contributed by atoms with Crippen LogP contribution in [0.4, 0.5) is 0 Å². The molecule has 0 bridgehead atoms. The third-order valence-electron chi connectivity index (χ3n) is 5.06. The van der Waals surface area contributed by atoms with Gasteiger partial charge in [0.15, 0.2) is 18.1 Å². The third kappa shape index (κ3) is 7.88. The molecule has 35 heavy (non-hydrogen) atoms. The number of ether oxygens (including phenoxy) is 3. The fraction of sp³-hybridized carbons (Fsp3) is 0.240. The Balaban J connectivity index is 1.46. The number of halogens is 1. The highest BCUT2D eigenvalue weighted by molar-refractivity contribution is 7.89. The smallest absolute Gasteiger partial charge is 0.258 e. The zero-order valence-corrected chi connectivity index (χ0v) is 21.0. The van der Waals surface area contributed by atoms with Crippen LogP contribution in [0.1, 0.15) is 11.1 Å². The number of sulfonamides is 1. The number of carbonyl (C=O) groups excluding carboxylic acids is 1. The molecule has 0 aliphatic rings. The maximum absolute atomic E-state index is 12.6. The Morgan fingerprint density at radius 1 is 0.886 bits per heavy atom. The van der Waals surface area contributed by atoms with Gasteiger partial charge in [-0.3, -0.25) is 4.79 Å². The van der Waals surface area contributed by atoms with E-state index in [0.717, 1.165) is 11.1 Å². The second kappa shape index (κ2) is 12.4. The fourth-order valence-corrected chi connectivity index (χ4v) is 4.32. The second-order valence-corrected chi connectivity index (χ2v) is 9.70. The predicted octanol–water partition coefficient (Wildman–Crippen LogP) is 3.57. The lowest BCUT2D eigenvalue weighted by atomic mass is 10.1. The summed E-state index contributed by atoms with van der Waals surface area (Å²) >= 11 is 5.84. The van der Waals surface area contributed by atoms with Crippen molar-refractivity contribution < 1.29 is 27.4 Å². The standard InChI is InChI=1S/C25H27ClN2O6S/c1-32-23-12-5-18(15-24(23)33-2)13-14-28-35(30,31)22-10-8-21(9-11-22)34-17-25(29)27-16-19-3-6-20(26)7-4-19/h3-12,15,28H,13-14,16-17H2,1-2H3,(H,27,29). The van der Waals surface area contributed by atoms with Crippen molar-refractivity contribution in [3.63, 3.8) is 0 Å². The number of hydrogen-bond acceptors (Lipinski definition) is 6. The van der Waals surface area contributed by atoms with Crippen molar-refractivity contribution in [2.45, 2.75) is 17.9 Å². The van der Waals surface area contributed by atoms with Crippen LogP contribution < -0.4 is 24.2 Å². The molecular weight excluding hydrogens is 492 g/mol. The molecule has 8 nitrogen and oxygen atoms in total. The first-order valence-corrected chi connectivity index (χ1v) is 12.6. The molecule has 0 aromatic heterocycles. The summed E-state index contributed by atoms with van der Waals surface area (Å²) in [6.07, 6.45) is 0.478. The highest BCUT2D eigenvalue weighted by Gasteiger charge is 2.14. The molecule has 0 fully saturated rings. The molecule has 186 valence electrons. The van der Waals surface area contributed by atoms with Gasteiger partial charge in [-0.2, -0.15) is 0 Å². The van der Waals surface area contributed by atoms with Crippen LogP contribution in [0.5, 0.6) is 17.2 Å². The van der Waals surface area contributed by atoms with Crippen LogP contribution in [0.2, 0.25) is 5.02 Å². The summed E-state index contributed by atoms with van der Waals surface area (Å²) in [6.45, 7) is 0.374. The average Bonchev–Trinajstić information content (AvgIpc) is 2.87. The van der Waals surface area contributed by atoms with Crippen LogP contribution in [0.3, 0.4) is 0 Å². The van der Waals surface area contributed by atoms with Crippen molar-refractivity contribution in [1.29, 1.82) is 0 Å². The average molecular weight is 519 g/mol. The zero-order chi connectivity index (χ0) is 25.3. The Morgan fingerprint density at radius 2 is 1.54 bits per heavy atom. The van der Waals surface area contributed by atoms with E-state index in [1.165, 1.54) is 24.3 Å². The van der Waals surface area contributed by atoms with E-state index in [-0.39, 0.29) is 24.0 Å². The Kier molecular flexibility index (Phi) is 9.36. The van der Waals surface area contributed by atoms with Crippen LogP contribution in [-0.2, 0) is 27.8 Å². The lowest BCUT2D eigenvalue weighted by molar-refractivity contribution is -0.123. The van der Waals surface area contributed by atoms with Gasteiger partial charge in [-0.25, -0.2) is 13.1 Å². The Hall–Kier alpha value is -3.27. The third-order valence-corrected chi connectivity index (χ3v) is 6.79. The van der Waals surface area contributed by atoms with Crippen molar-refractivity contribution in [2.75, 3.05) is 27.4 Å². The van der Waals surface area contributed by atoms with E-state index in [1.54, 1.807) is 32.4 Å². The van der Waals surface area contributed by atoms with Crippen molar-refractivity contribution in [3.8, 4) is 17.2 Å². The van der Waals surface area contributed by atoms with E-state index >= 15 is 0 Å². The molecule has 0 saturated carbocycles. The van der Waals surface area contributed by atoms with Gasteiger partial charge in [0, 0.05) is 18.1 Å². The monoisotopic (exact) mass is 518 g/mol. The summed E-state index contributed by atoms with van der Waals surface area (Å²) in [5, 5.41) is 3.37. The molecule has 3 aromatic rings. The molecule has 0 aliphatic carbocycles. The minimum Gasteiger partial charge on any atom is -0.493 e. The molecular formula is C25H27ClN2O6S. The van der Waals surface area contributed by atoms with Gasteiger partial charge in [0.1, 0.15) is 5.75 Å². The van der Waals surface area contributed by atoms with Crippen molar-refractivity contribution in [1.82, 2.24) is 10.0 Å². The number of rotatable bonds is 12. The number of methoxy groups -OCH3 is 2. The summed E-state index contributed by atoms with van der Waals surface area (Å²) in [5.41, 5.74) is 1.82. The molecule has 0 atom stereocenters. The molecule has 0 saturated heterocycles. The molecule has 1 amide bonds. The quantitative estimate of drug-likeness (QED) is 0.380. The largest absolute Gasteiger partial charge is 0.493 e. The first kappa shape index (κ1) is 26.3. The Bertz CT molecular complexity index is 1230. The van der Waals surface area contributed by atoms with Gasteiger partial charge in [-0.15, -0.1) is 0 Å². The molecule has 0 heterocycles. The second-order valence-electron chi connectivity index (χ2n) is 7.50. The predicted molar refractivity (Wildman–Crippen MR) is 134 cm³/mol. The van der Waals surface area contributed by atoms with Crippen LogP contribution in [0, 0.1) is 0 Å².